The van der Waals surface area contributed by atoms with E-state index >= 15 is 0 Å². The first-order valence-electron chi connectivity index (χ1n) is 18.0. The first-order chi connectivity index (χ1) is 25.0. The van der Waals surface area contributed by atoms with E-state index in [0.29, 0.717) is 0 Å². The highest BCUT2D eigenvalue weighted by atomic mass is 15.0. The smallest absolute Gasteiger partial charge is 0.0548 e. The van der Waals surface area contributed by atoms with Crippen molar-refractivity contribution in [2.75, 3.05) is 0 Å². The molecule has 1 heterocycles. The van der Waals surface area contributed by atoms with Crippen molar-refractivity contribution in [2.24, 2.45) is 0 Å². The van der Waals surface area contributed by atoms with E-state index in [0.717, 1.165) is 0 Å². The number of nitrogens with zero attached hydrogens (tertiary/aromatic N) is 1. The minimum absolute atomic E-state index is 1.25. The lowest BCUT2D eigenvalue weighted by Gasteiger charge is -2.25. The van der Waals surface area contributed by atoms with E-state index in [1.807, 2.05) is 0 Å². The van der Waals surface area contributed by atoms with Gasteiger partial charge in [0.2, 0.25) is 0 Å². The molecule has 0 spiro atoms. The zero-order chi connectivity index (χ0) is 34.4. The van der Waals surface area contributed by atoms with E-state index < -0.39 is 0 Å². The second kappa shape index (κ2) is 11.2. The summed E-state index contributed by atoms with van der Waals surface area (Å²) in [5.74, 6) is 0. The largest absolute Gasteiger partial charge is 0.309 e. The summed E-state index contributed by atoms with van der Waals surface area (Å²) in [7, 11) is 0. The summed E-state index contributed by atoms with van der Waals surface area (Å²) >= 11 is 0. The van der Waals surface area contributed by atoms with Gasteiger partial charge in [-0.1, -0.05) is 140 Å². The lowest BCUT2D eigenvalue weighted by atomic mass is 9.81. The molecule has 0 aliphatic rings. The fraction of sp³-hybridized carbons (Fsp3) is 0.0800. The molecule has 0 fully saturated rings. The van der Waals surface area contributed by atoms with Crippen LogP contribution in [-0.4, -0.2) is 4.57 Å². The highest BCUT2D eigenvalue weighted by Gasteiger charge is 2.25. The molecule has 10 aromatic rings. The third-order valence-corrected chi connectivity index (χ3v) is 11.6. The quantitative estimate of drug-likeness (QED) is 0.168. The fourth-order valence-electron chi connectivity index (χ4n) is 9.11. The normalized spacial score (nSPS) is 11.9. The molecule has 0 aliphatic carbocycles. The van der Waals surface area contributed by atoms with Crippen LogP contribution in [0.1, 0.15) is 22.3 Å². The Morgan fingerprint density at radius 3 is 1.18 bits per heavy atom. The molecular weight excluding hydrogens is 615 g/mol. The Balaban J connectivity index is 1.34. The average Bonchev–Trinajstić information content (AvgIpc) is 3.52. The van der Waals surface area contributed by atoms with E-state index in [-0.39, 0.29) is 0 Å². The zero-order valence-corrected chi connectivity index (χ0v) is 29.4. The summed E-state index contributed by atoms with van der Waals surface area (Å²) in [6, 6.07) is 55.8. The molecule has 1 heteroatoms. The Bertz CT molecular complexity index is 2870. The number of rotatable bonds is 3. The highest BCUT2D eigenvalue weighted by Crippen LogP contribution is 2.48. The molecule has 0 radical (unpaired) electrons. The first-order valence-corrected chi connectivity index (χ1v) is 18.0. The van der Waals surface area contributed by atoms with Crippen molar-refractivity contribution in [3.63, 3.8) is 0 Å². The maximum absolute atomic E-state index is 2.56. The molecule has 0 saturated heterocycles. The van der Waals surface area contributed by atoms with E-state index in [9.17, 15) is 0 Å². The van der Waals surface area contributed by atoms with E-state index in [1.165, 1.54) is 115 Å². The number of benzene rings is 9. The van der Waals surface area contributed by atoms with Crippen LogP contribution in [0.5, 0.6) is 0 Å². The van der Waals surface area contributed by atoms with Crippen LogP contribution in [0.25, 0.3) is 92.8 Å². The van der Waals surface area contributed by atoms with Crippen molar-refractivity contribution in [3.05, 3.63) is 174 Å². The number of hydrogen-bond donors (Lipinski definition) is 0. The lowest BCUT2D eigenvalue weighted by Crippen LogP contribution is -2.07. The summed E-state index contributed by atoms with van der Waals surface area (Å²) in [4.78, 5) is 0. The molecule has 10 rings (SSSR count). The van der Waals surface area contributed by atoms with Gasteiger partial charge in [-0.3, -0.25) is 0 Å². The van der Waals surface area contributed by atoms with Crippen LogP contribution in [0.3, 0.4) is 0 Å². The van der Waals surface area contributed by atoms with Gasteiger partial charge in [0, 0.05) is 10.8 Å². The van der Waals surface area contributed by atoms with Crippen molar-refractivity contribution in [2.45, 2.75) is 27.7 Å². The van der Waals surface area contributed by atoms with Gasteiger partial charge < -0.3 is 4.57 Å². The summed E-state index contributed by atoms with van der Waals surface area (Å²) in [6.45, 7) is 9.36. The van der Waals surface area contributed by atoms with Gasteiger partial charge in [0.25, 0.3) is 0 Å². The summed E-state index contributed by atoms with van der Waals surface area (Å²) in [5, 5.41) is 13.0. The van der Waals surface area contributed by atoms with Crippen molar-refractivity contribution in [1.29, 1.82) is 0 Å². The molecule has 0 bridgehead atoms. The molecule has 0 amide bonds. The van der Waals surface area contributed by atoms with Gasteiger partial charge in [-0.25, -0.2) is 0 Å². The predicted octanol–water partition coefficient (Wildman–Crippen LogP) is 14.0. The van der Waals surface area contributed by atoms with Crippen molar-refractivity contribution in [1.82, 2.24) is 4.57 Å². The van der Waals surface area contributed by atoms with Crippen molar-refractivity contribution >= 4 is 64.9 Å². The van der Waals surface area contributed by atoms with Crippen LogP contribution in [0.15, 0.2) is 152 Å². The Morgan fingerprint density at radius 2 is 0.706 bits per heavy atom. The molecule has 0 atom stereocenters. The number of hydrogen-bond acceptors (Lipinski definition) is 0. The van der Waals surface area contributed by atoms with E-state index in [2.05, 4.69) is 184 Å². The van der Waals surface area contributed by atoms with Crippen LogP contribution in [-0.2, 0) is 0 Å². The Morgan fingerprint density at radius 1 is 0.314 bits per heavy atom. The van der Waals surface area contributed by atoms with E-state index in [4.69, 9.17) is 0 Å². The Kier molecular flexibility index (Phi) is 6.51. The minimum atomic E-state index is 1.25. The van der Waals surface area contributed by atoms with Gasteiger partial charge in [0.15, 0.2) is 0 Å². The second-order valence-corrected chi connectivity index (χ2v) is 14.1. The van der Waals surface area contributed by atoms with Gasteiger partial charge in [-0.05, 0) is 127 Å². The topological polar surface area (TPSA) is 4.93 Å². The monoisotopic (exact) mass is 651 g/mol. The van der Waals surface area contributed by atoms with Gasteiger partial charge in [-0.2, -0.15) is 0 Å². The third kappa shape index (κ3) is 4.15. The van der Waals surface area contributed by atoms with Gasteiger partial charge >= 0.3 is 0 Å². The summed E-state index contributed by atoms with van der Waals surface area (Å²) < 4.78 is 2.56. The Labute approximate surface area is 298 Å². The van der Waals surface area contributed by atoms with Crippen LogP contribution in [0.2, 0.25) is 0 Å². The molecule has 0 aliphatic heterocycles. The van der Waals surface area contributed by atoms with Crippen molar-refractivity contribution < 1.29 is 0 Å². The molecule has 0 saturated carbocycles. The molecule has 0 N–H and O–H groups in total. The first kappa shape index (κ1) is 29.7. The molecule has 1 aromatic heterocycles. The average molecular weight is 652 g/mol. The fourth-order valence-corrected chi connectivity index (χ4v) is 9.11. The number of aromatic nitrogens is 1. The predicted molar refractivity (Wildman–Crippen MR) is 221 cm³/mol. The zero-order valence-electron chi connectivity index (χ0n) is 29.4. The van der Waals surface area contributed by atoms with Gasteiger partial charge in [0.05, 0.1) is 16.7 Å². The maximum atomic E-state index is 2.56. The summed E-state index contributed by atoms with van der Waals surface area (Å²) in [5.41, 5.74) is 14.3. The lowest BCUT2D eigenvalue weighted by molar-refractivity contribution is 1.09. The molecule has 242 valence electrons. The second-order valence-electron chi connectivity index (χ2n) is 14.1. The standard InChI is InChI=1S/C50H37N/c1-30-32(3)50(51-43-28-26-34-16-8-10-20-37(34)48(43)49-38-21-11-9-17-35(38)27-29-44(49)51)33(4)31(2)45(30)47-41-24-14-12-22-39(41)46(36-18-6-5-7-19-36)40-23-13-15-25-42(40)47/h5-29H,1-4H3. The molecule has 51 heavy (non-hydrogen) atoms. The molecule has 1 nitrogen and oxygen atoms in total. The number of fused-ring (bicyclic) bond motifs is 9. The van der Waals surface area contributed by atoms with Gasteiger partial charge in [0.1, 0.15) is 0 Å². The Hall–Kier alpha value is -6.18. The molecular formula is C50H37N. The van der Waals surface area contributed by atoms with Crippen molar-refractivity contribution in [3.8, 4) is 27.9 Å². The SMILES string of the molecule is Cc1c(C)c(-n2c3ccc4ccccc4c3c3c4ccccc4ccc32)c(C)c(C)c1-c1c2ccccc2c(-c2ccccc2)c2ccccc12. The van der Waals surface area contributed by atoms with Crippen LogP contribution < -0.4 is 0 Å². The maximum Gasteiger partial charge on any atom is 0.0548 e. The van der Waals surface area contributed by atoms with Gasteiger partial charge in [-0.15, -0.1) is 0 Å². The summed E-state index contributed by atoms with van der Waals surface area (Å²) in [6.07, 6.45) is 0. The van der Waals surface area contributed by atoms with Crippen LogP contribution in [0.4, 0.5) is 0 Å². The highest BCUT2D eigenvalue weighted by molar-refractivity contribution is 6.29. The minimum Gasteiger partial charge on any atom is -0.309 e. The van der Waals surface area contributed by atoms with Crippen LogP contribution in [0, 0.1) is 27.7 Å². The molecule has 9 aromatic carbocycles. The van der Waals surface area contributed by atoms with E-state index in [1.54, 1.807) is 0 Å². The third-order valence-electron chi connectivity index (χ3n) is 11.6. The van der Waals surface area contributed by atoms with Crippen LogP contribution >= 0.6 is 0 Å². The molecule has 0 unspecified atom stereocenters.